The van der Waals surface area contributed by atoms with E-state index in [0.717, 1.165) is 52.6 Å². The van der Waals surface area contributed by atoms with E-state index in [9.17, 15) is 0 Å². The summed E-state index contributed by atoms with van der Waals surface area (Å²) >= 11 is 0. The van der Waals surface area contributed by atoms with Gasteiger partial charge in [0.1, 0.15) is 5.82 Å². The molecule has 2 fully saturated rings. The molecule has 28 heavy (non-hydrogen) atoms. The van der Waals surface area contributed by atoms with Crippen LogP contribution in [0.1, 0.15) is 42.7 Å². The number of nitrogens with zero attached hydrogens (tertiary/aromatic N) is 5. The summed E-state index contributed by atoms with van der Waals surface area (Å²) in [5.74, 6) is 2.18. The third-order valence-corrected chi connectivity index (χ3v) is 5.53. The first kappa shape index (κ1) is 16.0. The van der Waals surface area contributed by atoms with Crippen molar-refractivity contribution in [3.05, 3.63) is 42.0 Å². The quantitative estimate of drug-likeness (QED) is 0.557. The minimum atomic E-state index is 0.216. The Morgan fingerprint density at radius 2 is 2.11 bits per heavy atom. The Balaban J connectivity index is 1.35. The van der Waals surface area contributed by atoms with E-state index in [0.29, 0.717) is 19.1 Å². The zero-order valence-electron chi connectivity index (χ0n) is 15.4. The molecule has 1 saturated heterocycles. The molecule has 1 aromatic carbocycles. The number of aromatic nitrogens is 6. The maximum atomic E-state index is 5.58. The van der Waals surface area contributed by atoms with Gasteiger partial charge in [-0.25, -0.2) is 19.6 Å². The number of para-hydroxylation sites is 2. The van der Waals surface area contributed by atoms with Gasteiger partial charge in [-0.1, -0.05) is 12.1 Å². The molecule has 4 aromatic rings. The van der Waals surface area contributed by atoms with Gasteiger partial charge < -0.3 is 15.0 Å². The van der Waals surface area contributed by atoms with Crippen LogP contribution in [0.3, 0.4) is 0 Å². The monoisotopic (exact) mass is 375 g/mol. The molecule has 1 aliphatic carbocycles. The molecule has 0 bridgehead atoms. The van der Waals surface area contributed by atoms with Gasteiger partial charge in [0.2, 0.25) is 0 Å². The number of anilines is 1. The number of nitrogens with one attached hydrogen (secondary N) is 2. The van der Waals surface area contributed by atoms with Crippen molar-refractivity contribution < 1.29 is 4.74 Å². The van der Waals surface area contributed by atoms with E-state index in [1.54, 1.807) is 0 Å². The fourth-order valence-electron chi connectivity index (χ4n) is 3.84. The van der Waals surface area contributed by atoms with E-state index < -0.39 is 0 Å². The summed E-state index contributed by atoms with van der Waals surface area (Å²) in [6, 6.07) is 8.24. The lowest BCUT2D eigenvalue weighted by Gasteiger charge is -2.09. The van der Waals surface area contributed by atoms with Gasteiger partial charge in [-0.15, -0.1) is 0 Å². The third-order valence-electron chi connectivity index (χ3n) is 5.53. The van der Waals surface area contributed by atoms with E-state index in [4.69, 9.17) is 19.8 Å². The summed E-state index contributed by atoms with van der Waals surface area (Å²) in [7, 11) is 0. The van der Waals surface area contributed by atoms with Gasteiger partial charge >= 0.3 is 0 Å². The average Bonchev–Trinajstić information content (AvgIpc) is 3.14. The van der Waals surface area contributed by atoms with Crippen LogP contribution in [-0.2, 0) is 11.3 Å². The number of imidazole rings is 1. The van der Waals surface area contributed by atoms with Crippen molar-refractivity contribution in [2.75, 3.05) is 18.5 Å². The van der Waals surface area contributed by atoms with E-state index in [1.165, 1.54) is 12.8 Å². The van der Waals surface area contributed by atoms with Crippen LogP contribution in [0, 0.1) is 0 Å². The summed E-state index contributed by atoms with van der Waals surface area (Å²) in [5.41, 5.74) is 4.74. The number of aromatic amines is 1. The molecule has 8 nitrogen and oxygen atoms in total. The molecule has 3 aromatic heterocycles. The normalized spacial score (nSPS) is 19.6. The maximum absolute atomic E-state index is 5.58. The molecule has 1 saturated carbocycles. The summed E-state index contributed by atoms with van der Waals surface area (Å²) < 4.78 is 7.58. The molecule has 4 heterocycles. The molecule has 0 spiro atoms. The number of fused-ring (bicyclic) bond motifs is 2. The molecular formula is C20H21N7O. The van der Waals surface area contributed by atoms with E-state index in [1.807, 2.05) is 35.1 Å². The minimum Gasteiger partial charge on any atom is -0.379 e. The first-order valence-electron chi connectivity index (χ1n) is 9.85. The number of benzene rings is 1. The Kier molecular flexibility index (Phi) is 3.58. The molecular weight excluding hydrogens is 354 g/mol. The second-order valence-electron chi connectivity index (χ2n) is 7.61. The molecule has 6 rings (SSSR count). The Bertz CT molecular complexity index is 1120. The van der Waals surface area contributed by atoms with Gasteiger partial charge in [-0.3, -0.25) is 0 Å². The van der Waals surface area contributed by atoms with Crippen molar-refractivity contribution in [2.45, 2.75) is 37.8 Å². The predicted molar refractivity (Wildman–Crippen MR) is 105 cm³/mol. The molecule has 1 atom stereocenters. The highest BCUT2D eigenvalue weighted by Crippen LogP contribution is 2.39. The van der Waals surface area contributed by atoms with E-state index >= 15 is 0 Å². The van der Waals surface area contributed by atoms with Crippen molar-refractivity contribution in [2.24, 2.45) is 0 Å². The highest BCUT2D eigenvalue weighted by atomic mass is 16.5. The van der Waals surface area contributed by atoms with Crippen LogP contribution in [0.25, 0.3) is 22.2 Å². The largest absolute Gasteiger partial charge is 0.379 e. The smallest absolute Gasteiger partial charge is 0.179 e. The first-order valence-corrected chi connectivity index (χ1v) is 9.85. The number of ether oxygens (including phenoxy) is 1. The van der Waals surface area contributed by atoms with Gasteiger partial charge in [-0.2, -0.15) is 5.10 Å². The Morgan fingerprint density at radius 3 is 2.93 bits per heavy atom. The number of hydrogen-bond donors (Lipinski definition) is 2. The molecule has 1 aliphatic heterocycles. The SMILES string of the molecule is c1ccc2[nH]c(CNc3nn(C4CCOC4)c4nc(C5CC5)cnc34)nc2c1. The molecule has 0 radical (unpaired) electrons. The second-order valence-corrected chi connectivity index (χ2v) is 7.61. The summed E-state index contributed by atoms with van der Waals surface area (Å²) in [6.07, 6.45) is 5.27. The maximum Gasteiger partial charge on any atom is 0.179 e. The van der Waals surface area contributed by atoms with Crippen LogP contribution in [0.2, 0.25) is 0 Å². The molecule has 1 unspecified atom stereocenters. The molecule has 142 valence electrons. The Hall–Kier alpha value is -3.00. The Morgan fingerprint density at radius 1 is 1.18 bits per heavy atom. The van der Waals surface area contributed by atoms with Crippen LogP contribution in [0.15, 0.2) is 30.5 Å². The molecule has 0 amide bonds. The molecule has 2 N–H and O–H groups in total. The van der Waals surface area contributed by atoms with Crippen LogP contribution < -0.4 is 5.32 Å². The zero-order valence-corrected chi connectivity index (χ0v) is 15.4. The zero-order chi connectivity index (χ0) is 18.5. The second kappa shape index (κ2) is 6.27. The van der Waals surface area contributed by atoms with Crippen molar-refractivity contribution in [1.82, 2.24) is 29.7 Å². The third kappa shape index (κ3) is 2.72. The van der Waals surface area contributed by atoms with Crippen molar-refractivity contribution in [3.63, 3.8) is 0 Å². The van der Waals surface area contributed by atoms with Crippen molar-refractivity contribution in [3.8, 4) is 0 Å². The highest BCUT2D eigenvalue weighted by molar-refractivity contribution is 5.83. The number of rotatable bonds is 5. The predicted octanol–water partition coefficient (Wildman–Crippen LogP) is 3.15. The van der Waals surface area contributed by atoms with Crippen LogP contribution in [-0.4, -0.2) is 42.9 Å². The lowest BCUT2D eigenvalue weighted by Crippen LogP contribution is -2.12. The Labute approximate surface area is 161 Å². The van der Waals surface area contributed by atoms with Crippen LogP contribution in [0.4, 0.5) is 5.82 Å². The number of H-pyrrole nitrogens is 1. The van der Waals surface area contributed by atoms with Gasteiger partial charge in [0, 0.05) is 18.7 Å². The van der Waals surface area contributed by atoms with Gasteiger partial charge in [0.05, 0.1) is 35.9 Å². The van der Waals surface area contributed by atoms with Gasteiger partial charge in [-0.05, 0) is 31.4 Å². The lowest BCUT2D eigenvalue weighted by atomic mass is 10.2. The first-order chi connectivity index (χ1) is 13.8. The standard InChI is InChI=1S/C20H21N7O/c1-2-4-15-14(3-1)23-17(24-15)10-22-19-18-20(25-16(9-21-18)12-5-6-12)27(26-19)13-7-8-28-11-13/h1-4,9,12-13H,5-8,10-11H2,(H,22,26)(H,23,24). The van der Waals surface area contributed by atoms with Crippen LogP contribution in [0.5, 0.6) is 0 Å². The fourth-order valence-corrected chi connectivity index (χ4v) is 3.84. The minimum absolute atomic E-state index is 0.216. The fraction of sp³-hybridized carbons (Fsp3) is 0.400. The van der Waals surface area contributed by atoms with E-state index in [-0.39, 0.29) is 6.04 Å². The number of hydrogen-bond acceptors (Lipinski definition) is 6. The summed E-state index contributed by atoms with van der Waals surface area (Å²) in [5, 5.41) is 8.22. The highest BCUT2D eigenvalue weighted by Gasteiger charge is 2.28. The lowest BCUT2D eigenvalue weighted by molar-refractivity contribution is 0.185. The summed E-state index contributed by atoms with van der Waals surface area (Å²) in [4.78, 5) is 17.6. The van der Waals surface area contributed by atoms with Gasteiger partial charge in [0.15, 0.2) is 17.0 Å². The average molecular weight is 375 g/mol. The van der Waals surface area contributed by atoms with Crippen molar-refractivity contribution in [1.29, 1.82) is 0 Å². The van der Waals surface area contributed by atoms with E-state index in [2.05, 4.69) is 15.3 Å². The van der Waals surface area contributed by atoms with Crippen LogP contribution >= 0.6 is 0 Å². The summed E-state index contributed by atoms with van der Waals surface area (Å²) in [6.45, 7) is 1.99. The molecule has 8 heteroatoms. The van der Waals surface area contributed by atoms with Crippen molar-refractivity contribution >= 4 is 28.0 Å². The van der Waals surface area contributed by atoms with Gasteiger partial charge in [0.25, 0.3) is 0 Å². The topological polar surface area (TPSA) is 93.5 Å². The molecule has 2 aliphatic rings.